The van der Waals surface area contributed by atoms with Gasteiger partial charge < -0.3 is 15.2 Å². The Kier molecular flexibility index (Phi) is 4.22. The number of benzene rings is 1. The Hall–Kier alpha value is -1.85. The Labute approximate surface area is 128 Å². The van der Waals surface area contributed by atoms with Crippen molar-refractivity contribution in [1.82, 2.24) is 20.2 Å². The number of H-pyrrole nitrogens is 1. The molecule has 1 fully saturated rings. The molecule has 2 N–H and O–H groups in total. The second-order valence-electron chi connectivity index (χ2n) is 5.18. The minimum absolute atomic E-state index is 0.157. The summed E-state index contributed by atoms with van der Waals surface area (Å²) >= 11 is 6.15. The molecule has 3 rings (SSSR count). The molecule has 1 atom stereocenters. The van der Waals surface area contributed by atoms with E-state index in [-0.39, 0.29) is 11.9 Å². The summed E-state index contributed by atoms with van der Waals surface area (Å²) in [6.45, 7) is 1.91. The summed E-state index contributed by atoms with van der Waals surface area (Å²) in [6, 6.07) is 7.80. The Morgan fingerprint density at radius 2 is 2.29 bits per heavy atom. The lowest BCUT2D eigenvalue weighted by Crippen LogP contribution is -2.32. The molecule has 5 nitrogen and oxygen atoms in total. The largest absolute Gasteiger partial charge is 0.348 e. The number of aromatic nitrogens is 2. The highest BCUT2D eigenvalue weighted by Crippen LogP contribution is 2.20. The lowest BCUT2D eigenvalue weighted by molar-refractivity contribution is -0.128. The Morgan fingerprint density at radius 3 is 3.05 bits per heavy atom. The zero-order valence-corrected chi connectivity index (χ0v) is 12.3. The summed E-state index contributed by atoms with van der Waals surface area (Å²) in [6.07, 6.45) is 4.03. The zero-order valence-electron chi connectivity index (χ0n) is 11.6. The fraction of sp³-hybridized carbons (Fsp3) is 0.333. The van der Waals surface area contributed by atoms with Crippen molar-refractivity contribution in [3.8, 4) is 0 Å². The molecule has 1 amide bonds. The molecule has 110 valence electrons. The van der Waals surface area contributed by atoms with Gasteiger partial charge in [-0.05, 0) is 11.6 Å². The monoisotopic (exact) mass is 304 g/mol. The van der Waals surface area contributed by atoms with Gasteiger partial charge in [0.15, 0.2) is 0 Å². The third kappa shape index (κ3) is 3.43. The lowest BCUT2D eigenvalue weighted by atomic mass is 10.2. The molecular formula is C15H17ClN4O. The van der Waals surface area contributed by atoms with Gasteiger partial charge >= 0.3 is 0 Å². The molecule has 1 unspecified atom stereocenters. The molecule has 0 bridgehead atoms. The third-order valence-corrected chi connectivity index (χ3v) is 4.02. The van der Waals surface area contributed by atoms with Crippen molar-refractivity contribution in [2.45, 2.75) is 25.6 Å². The molecule has 0 aliphatic carbocycles. The van der Waals surface area contributed by atoms with Crippen LogP contribution in [0.25, 0.3) is 0 Å². The first-order chi connectivity index (χ1) is 10.2. The average molecular weight is 305 g/mol. The van der Waals surface area contributed by atoms with E-state index in [2.05, 4.69) is 15.3 Å². The average Bonchev–Trinajstić information content (AvgIpc) is 3.10. The summed E-state index contributed by atoms with van der Waals surface area (Å²) in [7, 11) is 0. The van der Waals surface area contributed by atoms with E-state index in [0.717, 1.165) is 11.4 Å². The summed E-state index contributed by atoms with van der Waals surface area (Å²) in [5, 5.41) is 4.06. The van der Waals surface area contributed by atoms with Gasteiger partial charge in [0.05, 0.1) is 6.54 Å². The summed E-state index contributed by atoms with van der Waals surface area (Å²) in [5.41, 5.74) is 0.985. The van der Waals surface area contributed by atoms with Gasteiger partial charge in [0, 0.05) is 43.0 Å². The van der Waals surface area contributed by atoms with Crippen LogP contribution in [0.2, 0.25) is 5.02 Å². The normalized spacial score (nSPS) is 18.4. The van der Waals surface area contributed by atoms with Crippen LogP contribution in [0.4, 0.5) is 0 Å². The molecule has 1 aliphatic rings. The topological polar surface area (TPSA) is 61.0 Å². The molecule has 1 aromatic carbocycles. The van der Waals surface area contributed by atoms with Crippen molar-refractivity contribution in [2.75, 3.05) is 6.54 Å². The first-order valence-electron chi connectivity index (χ1n) is 6.95. The number of rotatable bonds is 5. The van der Waals surface area contributed by atoms with Crippen LogP contribution in [-0.2, 0) is 17.9 Å². The van der Waals surface area contributed by atoms with Crippen LogP contribution < -0.4 is 5.32 Å². The van der Waals surface area contributed by atoms with Gasteiger partial charge in [0.25, 0.3) is 0 Å². The molecule has 1 saturated heterocycles. The number of halogens is 1. The van der Waals surface area contributed by atoms with Gasteiger partial charge in [-0.2, -0.15) is 0 Å². The second-order valence-corrected chi connectivity index (χ2v) is 5.59. The van der Waals surface area contributed by atoms with E-state index >= 15 is 0 Å². The van der Waals surface area contributed by atoms with Gasteiger partial charge in [-0.15, -0.1) is 0 Å². The van der Waals surface area contributed by atoms with Crippen LogP contribution in [-0.4, -0.2) is 33.4 Å². The summed E-state index contributed by atoms with van der Waals surface area (Å²) < 4.78 is 0. The van der Waals surface area contributed by atoms with Crippen LogP contribution >= 0.6 is 11.6 Å². The highest BCUT2D eigenvalue weighted by atomic mass is 35.5. The number of hydrogen-bond donors (Lipinski definition) is 2. The van der Waals surface area contributed by atoms with Gasteiger partial charge in [0.1, 0.15) is 5.82 Å². The van der Waals surface area contributed by atoms with Crippen LogP contribution in [0.3, 0.4) is 0 Å². The molecule has 0 saturated carbocycles. The van der Waals surface area contributed by atoms with Crippen LogP contribution in [0, 0.1) is 0 Å². The highest BCUT2D eigenvalue weighted by molar-refractivity contribution is 6.31. The number of nitrogens with zero attached hydrogens (tertiary/aromatic N) is 2. The van der Waals surface area contributed by atoms with Crippen LogP contribution in [0.1, 0.15) is 17.8 Å². The van der Waals surface area contributed by atoms with Crippen molar-refractivity contribution in [1.29, 1.82) is 0 Å². The SMILES string of the molecule is O=C1CC(NCc2ncc[nH]2)CN1Cc1ccccc1Cl. The van der Waals surface area contributed by atoms with E-state index < -0.39 is 0 Å². The van der Waals surface area contributed by atoms with Gasteiger partial charge in [-0.25, -0.2) is 4.98 Å². The minimum Gasteiger partial charge on any atom is -0.348 e. The molecule has 2 aromatic rings. The predicted octanol–water partition coefficient (Wildman–Crippen LogP) is 1.95. The van der Waals surface area contributed by atoms with Crippen molar-refractivity contribution < 1.29 is 4.79 Å². The zero-order chi connectivity index (χ0) is 14.7. The third-order valence-electron chi connectivity index (χ3n) is 3.65. The quantitative estimate of drug-likeness (QED) is 0.887. The predicted molar refractivity (Wildman–Crippen MR) is 80.7 cm³/mol. The van der Waals surface area contributed by atoms with E-state index in [0.29, 0.717) is 31.1 Å². The van der Waals surface area contributed by atoms with Gasteiger partial charge in [0.2, 0.25) is 5.91 Å². The Morgan fingerprint density at radius 1 is 1.43 bits per heavy atom. The Bertz CT molecular complexity index is 614. The fourth-order valence-corrected chi connectivity index (χ4v) is 2.73. The minimum atomic E-state index is 0.157. The molecule has 1 aromatic heterocycles. The van der Waals surface area contributed by atoms with Gasteiger partial charge in [-0.3, -0.25) is 4.79 Å². The van der Waals surface area contributed by atoms with E-state index in [1.165, 1.54) is 0 Å². The first-order valence-corrected chi connectivity index (χ1v) is 7.33. The summed E-state index contributed by atoms with van der Waals surface area (Å²) in [4.78, 5) is 21.1. The number of amides is 1. The number of carbonyl (C=O) groups excluding carboxylic acids is 1. The number of aromatic amines is 1. The number of imidazole rings is 1. The molecule has 0 radical (unpaired) electrons. The van der Waals surface area contributed by atoms with Crippen molar-refractivity contribution in [3.05, 3.63) is 53.1 Å². The summed E-state index contributed by atoms with van der Waals surface area (Å²) in [5.74, 6) is 1.04. The molecule has 2 heterocycles. The standard InChI is InChI=1S/C15H17ClN4O/c16-13-4-2-1-3-11(13)9-20-10-12(7-15(20)21)19-8-14-17-5-6-18-14/h1-6,12,19H,7-10H2,(H,17,18). The van der Waals surface area contributed by atoms with E-state index in [4.69, 9.17) is 11.6 Å². The Balaban J connectivity index is 1.56. The highest BCUT2D eigenvalue weighted by Gasteiger charge is 2.29. The maximum absolute atomic E-state index is 12.1. The number of hydrogen-bond acceptors (Lipinski definition) is 3. The second kappa shape index (κ2) is 6.28. The molecule has 0 spiro atoms. The van der Waals surface area contributed by atoms with E-state index in [9.17, 15) is 4.79 Å². The van der Waals surface area contributed by atoms with E-state index in [1.54, 1.807) is 12.4 Å². The molecule has 21 heavy (non-hydrogen) atoms. The first kappa shape index (κ1) is 14.1. The smallest absolute Gasteiger partial charge is 0.224 e. The van der Waals surface area contributed by atoms with Crippen molar-refractivity contribution in [3.63, 3.8) is 0 Å². The van der Waals surface area contributed by atoms with Crippen molar-refractivity contribution in [2.24, 2.45) is 0 Å². The number of nitrogens with one attached hydrogen (secondary N) is 2. The fourth-order valence-electron chi connectivity index (χ4n) is 2.53. The van der Waals surface area contributed by atoms with Crippen LogP contribution in [0.15, 0.2) is 36.7 Å². The number of carbonyl (C=O) groups is 1. The molecule has 1 aliphatic heterocycles. The van der Waals surface area contributed by atoms with E-state index in [1.807, 2.05) is 29.2 Å². The molecular weight excluding hydrogens is 288 g/mol. The maximum atomic E-state index is 12.1. The molecule has 6 heteroatoms. The van der Waals surface area contributed by atoms with Crippen LogP contribution in [0.5, 0.6) is 0 Å². The number of likely N-dealkylation sites (tertiary alicyclic amines) is 1. The maximum Gasteiger partial charge on any atom is 0.224 e. The lowest BCUT2D eigenvalue weighted by Gasteiger charge is -2.17. The van der Waals surface area contributed by atoms with Crippen molar-refractivity contribution >= 4 is 17.5 Å². The van der Waals surface area contributed by atoms with Gasteiger partial charge in [-0.1, -0.05) is 29.8 Å².